The molecule has 0 nitrogen and oxygen atoms in total. The van der Waals surface area contributed by atoms with Gasteiger partial charge in [0.15, 0.2) is 0 Å². The second kappa shape index (κ2) is 5.02. The molecule has 0 aliphatic heterocycles. The van der Waals surface area contributed by atoms with Gasteiger partial charge in [-0.25, -0.2) is 0 Å². The van der Waals surface area contributed by atoms with Crippen molar-refractivity contribution in [2.45, 2.75) is 56.2 Å². The van der Waals surface area contributed by atoms with Gasteiger partial charge in [-0.15, -0.1) is 11.6 Å². The lowest BCUT2D eigenvalue weighted by atomic mass is 9.78. The molecule has 1 aromatic carbocycles. The van der Waals surface area contributed by atoms with Gasteiger partial charge in [-0.2, -0.15) is 0 Å². The number of benzene rings is 1. The van der Waals surface area contributed by atoms with Crippen LogP contribution in [0, 0.1) is 5.92 Å². The van der Waals surface area contributed by atoms with Crippen LogP contribution in [-0.2, 0) is 6.42 Å². The number of hydrogen-bond acceptors (Lipinski definition) is 0. The third-order valence-corrected chi connectivity index (χ3v) is 4.99. The van der Waals surface area contributed by atoms with E-state index in [0.29, 0.717) is 5.38 Å². The van der Waals surface area contributed by atoms with Gasteiger partial charge in [0.05, 0.1) is 0 Å². The zero-order valence-electron chi connectivity index (χ0n) is 10.4. The molecule has 1 fully saturated rings. The Kier molecular flexibility index (Phi) is 3.42. The Bertz CT molecular complexity index is 385. The third kappa shape index (κ3) is 2.52. The molecule has 3 rings (SSSR count). The molecule has 1 heteroatoms. The number of aryl methyl sites for hydroxylation is 1. The molecule has 1 saturated carbocycles. The Balaban J connectivity index is 1.72. The molecule has 2 aliphatic rings. The Hall–Kier alpha value is -0.490. The lowest BCUT2D eigenvalue weighted by Crippen LogP contribution is -2.13. The van der Waals surface area contributed by atoms with Gasteiger partial charge in [-0.1, -0.05) is 24.3 Å². The number of rotatable bonds is 2. The van der Waals surface area contributed by atoms with Crippen LogP contribution in [0.15, 0.2) is 24.3 Å². The predicted octanol–water partition coefficient (Wildman–Crippen LogP) is 4.90. The summed E-state index contributed by atoms with van der Waals surface area (Å²) in [6.45, 7) is 0. The molecule has 1 aromatic rings. The molecule has 2 aliphatic carbocycles. The van der Waals surface area contributed by atoms with Crippen molar-refractivity contribution in [3.63, 3.8) is 0 Å². The first-order chi connectivity index (χ1) is 8.33. The summed E-state index contributed by atoms with van der Waals surface area (Å²) in [5.74, 6) is 1.69. The molecule has 0 heterocycles. The number of alkyl halides is 1. The van der Waals surface area contributed by atoms with Gasteiger partial charge < -0.3 is 0 Å². The van der Waals surface area contributed by atoms with Gasteiger partial charge in [0.25, 0.3) is 0 Å². The Morgan fingerprint density at radius 3 is 2.82 bits per heavy atom. The maximum Gasteiger partial charge on any atom is 0.0338 e. The van der Waals surface area contributed by atoms with E-state index in [1.54, 1.807) is 11.1 Å². The van der Waals surface area contributed by atoms with Crippen molar-refractivity contribution in [1.29, 1.82) is 0 Å². The fourth-order valence-electron chi connectivity index (χ4n) is 3.73. The van der Waals surface area contributed by atoms with E-state index in [-0.39, 0.29) is 0 Å². The molecule has 0 radical (unpaired) electrons. The summed E-state index contributed by atoms with van der Waals surface area (Å²) in [5.41, 5.74) is 3.24. The highest BCUT2D eigenvalue weighted by Gasteiger charge is 2.28. The summed E-state index contributed by atoms with van der Waals surface area (Å²) < 4.78 is 0. The highest BCUT2D eigenvalue weighted by atomic mass is 35.5. The number of fused-ring (bicyclic) bond motifs is 1. The van der Waals surface area contributed by atoms with Crippen LogP contribution >= 0.6 is 11.6 Å². The Labute approximate surface area is 109 Å². The standard InChI is InChI=1S/C16H21Cl/c17-15-9-8-12(11-15)10-14-6-3-5-13-4-1-2-7-16(13)14/h1-2,4,7,12,14-15H,3,5-6,8-11H2. The zero-order valence-corrected chi connectivity index (χ0v) is 11.1. The molecule has 0 bridgehead atoms. The molecular weight excluding hydrogens is 228 g/mol. The van der Waals surface area contributed by atoms with E-state index in [0.717, 1.165) is 11.8 Å². The van der Waals surface area contributed by atoms with Crippen molar-refractivity contribution in [3.8, 4) is 0 Å². The van der Waals surface area contributed by atoms with Crippen LogP contribution in [0.1, 0.15) is 55.6 Å². The van der Waals surface area contributed by atoms with Crippen molar-refractivity contribution in [3.05, 3.63) is 35.4 Å². The Morgan fingerprint density at radius 1 is 1.12 bits per heavy atom. The summed E-state index contributed by atoms with van der Waals surface area (Å²) in [6, 6.07) is 9.06. The monoisotopic (exact) mass is 248 g/mol. The molecule has 0 amide bonds. The molecule has 3 unspecified atom stereocenters. The first-order valence-corrected chi connectivity index (χ1v) is 7.48. The topological polar surface area (TPSA) is 0 Å². The SMILES string of the molecule is ClC1CCC(CC2CCCc3ccccc32)C1. The summed E-state index contributed by atoms with van der Waals surface area (Å²) >= 11 is 6.22. The van der Waals surface area contributed by atoms with Gasteiger partial charge >= 0.3 is 0 Å². The molecule has 0 N–H and O–H groups in total. The van der Waals surface area contributed by atoms with E-state index < -0.39 is 0 Å². The van der Waals surface area contributed by atoms with E-state index in [1.807, 2.05) is 0 Å². The molecule has 0 saturated heterocycles. The summed E-state index contributed by atoms with van der Waals surface area (Å²) in [6.07, 6.45) is 9.27. The van der Waals surface area contributed by atoms with Crippen LogP contribution in [0.25, 0.3) is 0 Å². The minimum atomic E-state index is 0.457. The lowest BCUT2D eigenvalue weighted by Gasteiger charge is -2.27. The Morgan fingerprint density at radius 2 is 2.00 bits per heavy atom. The van der Waals surface area contributed by atoms with Crippen molar-refractivity contribution >= 4 is 11.6 Å². The van der Waals surface area contributed by atoms with Crippen LogP contribution in [0.2, 0.25) is 0 Å². The maximum atomic E-state index is 6.22. The first kappa shape index (κ1) is 11.6. The van der Waals surface area contributed by atoms with E-state index in [2.05, 4.69) is 24.3 Å². The second-order valence-corrected chi connectivity index (χ2v) is 6.42. The molecule has 3 atom stereocenters. The fraction of sp³-hybridized carbons (Fsp3) is 0.625. The van der Waals surface area contributed by atoms with Crippen molar-refractivity contribution in [2.24, 2.45) is 5.92 Å². The average molecular weight is 249 g/mol. The van der Waals surface area contributed by atoms with E-state index in [1.165, 1.54) is 44.9 Å². The number of hydrogen-bond donors (Lipinski definition) is 0. The first-order valence-electron chi connectivity index (χ1n) is 7.05. The van der Waals surface area contributed by atoms with Crippen molar-refractivity contribution in [2.75, 3.05) is 0 Å². The van der Waals surface area contributed by atoms with Gasteiger partial charge in [0.2, 0.25) is 0 Å². The third-order valence-electron chi connectivity index (χ3n) is 4.59. The smallest absolute Gasteiger partial charge is 0.0338 e. The van der Waals surface area contributed by atoms with E-state index in [9.17, 15) is 0 Å². The molecule has 92 valence electrons. The average Bonchev–Trinajstić information content (AvgIpc) is 2.75. The van der Waals surface area contributed by atoms with E-state index >= 15 is 0 Å². The summed E-state index contributed by atoms with van der Waals surface area (Å²) in [7, 11) is 0. The summed E-state index contributed by atoms with van der Waals surface area (Å²) in [5, 5.41) is 0.457. The summed E-state index contributed by atoms with van der Waals surface area (Å²) in [4.78, 5) is 0. The number of halogens is 1. The lowest BCUT2D eigenvalue weighted by molar-refractivity contribution is 0.410. The molecule has 17 heavy (non-hydrogen) atoms. The highest BCUT2D eigenvalue weighted by Crippen LogP contribution is 2.41. The predicted molar refractivity (Wildman–Crippen MR) is 73.7 cm³/mol. The minimum absolute atomic E-state index is 0.457. The van der Waals surface area contributed by atoms with Crippen molar-refractivity contribution < 1.29 is 0 Å². The van der Waals surface area contributed by atoms with Crippen LogP contribution in [0.5, 0.6) is 0 Å². The van der Waals surface area contributed by atoms with E-state index in [4.69, 9.17) is 11.6 Å². The quantitative estimate of drug-likeness (QED) is 0.653. The fourth-order valence-corrected chi connectivity index (χ4v) is 4.11. The highest BCUT2D eigenvalue weighted by molar-refractivity contribution is 6.20. The normalized spacial score (nSPS) is 32.4. The largest absolute Gasteiger partial charge is 0.123 e. The van der Waals surface area contributed by atoms with Crippen LogP contribution in [0.3, 0.4) is 0 Å². The molecular formula is C16H21Cl. The van der Waals surface area contributed by atoms with Gasteiger partial charge in [0, 0.05) is 5.38 Å². The van der Waals surface area contributed by atoms with Crippen molar-refractivity contribution in [1.82, 2.24) is 0 Å². The van der Waals surface area contributed by atoms with Crippen LogP contribution in [0.4, 0.5) is 0 Å². The minimum Gasteiger partial charge on any atom is -0.123 e. The zero-order chi connectivity index (χ0) is 11.7. The van der Waals surface area contributed by atoms with Gasteiger partial charge in [-0.05, 0) is 67.9 Å². The molecule has 0 spiro atoms. The van der Waals surface area contributed by atoms with Crippen LogP contribution < -0.4 is 0 Å². The van der Waals surface area contributed by atoms with Gasteiger partial charge in [0.1, 0.15) is 0 Å². The maximum absolute atomic E-state index is 6.22. The molecule has 0 aromatic heterocycles. The van der Waals surface area contributed by atoms with Gasteiger partial charge in [-0.3, -0.25) is 0 Å². The van der Waals surface area contributed by atoms with Crippen LogP contribution in [-0.4, -0.2) is 5.38 Å². The second-order valence-electron chi connectivity index (χ2n) is 5.80.